The molecule has 1 atom stereocenters. The number of aromatic nitrogens is 3. The highest BCUT2D eigenvalue weighted by Gasteiger charge is 2.31. The van der Waals surface area contributed by atoms with Crippen LogP contribution in [0.3, 0.4) is 0 Å². The second kappa shape index (κ2) is 11.2. The molecule has 0 bridgehead atoms. The van der Waals surface area contributed by atoms with E-state index >= 15 is 0 Å². The molecule has 2 aromatic carbocycles. The molecule has 0 aliphatic rings. The molecule has 10 heteroatoms. The second-order valence-electron chi connectivity index (χ2n) is 8.62. The van der Waals surface area contributed by atoms with Crippen LogP contribution in [0.25, 0.3) is 11.1 Å². The Hall–Kier alpha value is -3.89. The average molecular weight is 538 g/mol. The van der Waals surface area contributed by atoms with Gasteiger partial charge in [0.05, 0.1) is 10.9 Å². The van der Waals surface area contributed by atoms with Crippen molar-refractivity contribution in [3.8, 4) is 17.0 Å². The monoisotopic (exact) mass is 537 g/mol. The lowest BCUT2D eigenvalue weighted by molar-refractivity contribution is 0.122. The van der Waals surface area contributed by atoms with Gasteiger partial charge < -0.3 is 9.84 Å². The zero-order valence-electron chi connectivity index (χ0n) is 21.3. The van der Waals surface area contributed by atoms with Crippen LogP contribution >= 0.6 is 0 Å². The summed E-state index contributed by atoms with van der Waals surface area (Å²) < 4.78 is 47.5. The summed E-state index contributed by atoms with van der Waals surface area (Å²) in [6.07, 6.45) is 0.467. The molecule has 4 aromatic rings. The number of rotatable bonds is 9. The molecule has 0 aliphatic carbocycles. The summed E-state index contributed by atoms with van der Waals surface area (Å²) in [6, 6.07) is 17.2. The lowest BCUT2D eigenvalue weighted by Gasteiger charge is -2.23. The van der Waals surface area contributed by atoms with Crippen molar-refractivity contribution >= 4 is 9.84 Å². The number of benzene rings is 2. The Morgan fingerprint density at radius 3 is 2.29 bits per heavy atom. The summed E-state index contributed by atoms with van der Waals surface area (Å²) in [6.45, 7) is 5.57. The minimum absolute atomic E-state index is 0.0806. The van der Waals surface area contributed by atoms with Gasteiger partial charge in [0.2, 0.25) is 21.7 Å². The van der Waals surface area contributed by atoms with E-state index in [1.165, 1.54) is 22.8 Å². The van der Waals surface area contributed by atoms with Gasteiger partial charge in [-0.1, -0.05) is 49.4 Å². The first-order valence-electron chi connectivity index (χ1n) is 12.1. The molecular formula is C28H28FN3O5S. The molecule has 0 saturated carbocycles. The van der Waals surface area contributed by atoms with Crippen molar-refractivity contribution in [3.63, 3.8) is 0 Å². The van der Waals surface area contributed by atoms with E-state index in [1.54, 1.807) is 32.0 Å². The minimum atomic E-state index is -4.46. The minimum Gasteiger partial charge on any atom is -0.492 e. The van der Waals surface area contributed by atoms with Gasteiger partial charge in [-0.15, -0.1) is 0 Å². The van der Waals surface area contributed by atoms with E-state index in [2.05, 4.69) is 9.97 Å². The third-order valence-electron chi connectivity index (χ3n) is 6.24. The predicted octanol–water partition coefficient (Wildman–Crippen LogP) is 4.83. The van der Waals surface area contributed by atoms with Crippen LogP contribution in [0.1, 0.15) is 43.4 Å². The van der Waals surface area contributed by atoms with Crippen molar-refractivity contribution in [2.75, 3.05) is 6.61 Å². The Bertz CT molecular complexity index is 1600. The van der Waals surface area contributed by atoms with E-state index in [1.807, 2.05) is 37.3 Å². The lowest BCUT2D eigenvalue weighted by Crippen LogP contribution is -2.33. The number of halogens is 1. The molecule has 1 N–H and O–H groups in total. The largest absolute Gasteiger partial charge is 0.492 e. The molecule has 0 fully saturated rings. The summed E-state index contributed by atoms with van der Waals surface area (Å²) in [5.41, 5.74) is 1.61. The van der Waals surface area contributed by atoms with Gasteiger partial charge in [-0.25, -0.2) is 13.4 Å². The molecule has 8 nitrogen and oxygen atoms in total. The molecule has 0 amide bonds. The first-order valence-corrected chi connectivity index (χ1v) is 13.6. The van der Waals surface area contributed by atoms with Crippen molar-refractivity contribution in [1.82, 2.24) is 14.5 Å². The Morgan fingerprint density at radius 2 is 1.68 bits per heavy atom. The molecule has 1 unspecified atom stereocenters. The molecular weight excluding hydrogens is 509 g/mol. The Morgan fingerprint density at radius 1 is 1.00 bits per heavy atom. The molecule has 4 rings (SSSR count). The van der Waals surface area contributed by atoms with E-state index in [0.29, 0.717) is 29.8 Å². The predicted molar refractivity (Wildman–Crippen MR) is 140 cm³/mol. The summed E-state index contributed by atoms with van der Waals surface area (Å²) >= 11 is 0. The maximum atomic E-state index is 13.8. The van der Waals surface area contributed by atoms with Crippen LogP contribution in [0.2, 0.25) is 0 Å². The maximum absolute atomic E-state index is 13.8. The van der Waals surface area contributed by atoms with Crippen LogP contribution in [0, 0.1) is 12.9 Å². The van der Waals surface area contributed by atoms with Gasteiger partial charge in [0.25, 0.3) is 5.56 Å². The number of aromatic hydroxyl groups is 1. The van der Waals surface area contributed by atoms with E-state index in [9.17, 15) is 22.7 Å². The van der Waals surface area contributed by atoms with Crippen LogP contribution in [-0.4, -0.2) is 34.7 Å². The van der Waals surface area contributed by atoms with Crippen LogP contribution in [0.5, 0.6) is 5.88 Å². The van der Waals surface area contributed by atoms with Crippen LogP contribution in [-0.2, 0) is 21.2 Å². The topological polar surface area (TPSA) is 111 Å². The van der Waals surface area contributed by atoms with Crippen molar-refractivity contribution in [3.05, 3.63) is 100 Å². The fraction of sp³-hybridized carbons (Fsp3) is 0.250. The SMILES string of the molecule is CCOCc1nc(O)c(S(=O)(=O)c2ccc(-c3ccc(F)nc3C)cc2)c(=O)n1C(CC)c1ccccc1. The van der Waals surface area contributed by atoms with Gasteiger partial charge in [0, 0.05) is 17.9 Å². The van der Waals surface area contributed by atoms with Crippen molar-refractivity contribution in [2.24, 2.45) is 0 Å². The zero-order chi connectivity index (χ0) is 27.4. The first kappa shape index (κ1) is 27.2. The zero-order valence-corrected chi connectivity index (χ0v) is 22.1. The highest BCUT2D eigenvalue weighted by Crippen LogP contribution is 2.30. The summed E-state index contributed by atoms with van der Waals surface area (Å²) in [5, 5.41) is 10.7. The van der Waals surface area contributed by atoms with E-state index in [-0.39, 0.29) is 17.3 Å². The van der Waals surface area contributed by atoms with Crippen LogP contribution in [0.4, 0.5) is 4.39 Å². The fourth-order valence-corrected chi connectivity index (χ4v) is 5.75. The number of pyridine rings is 1. The van der Waals surface area contributed by atoms with Crippen LogP contribution < -0.4 is 5.56 Å². The Labute approximate surface area is 220 Å². The van der Waals surface area contributed by atoms with E-state index in [0.717, 1.165) is 5.56 Å². The maximum Gasteiger partial charge on any atom is 0.277 e. The van der Waals surface area contributed by atoms with Gasteiger partial charge in [0.1, 0.15) is 12.4 Å². The number of aryl methyl sites for hydroxylation is 1. The highest BCUT2D eigenvalue weighted by molar-refractivity contribution is 7.91. The molecule has 0 radical (unpaired) electrons. The van der Waals surface area contributed by atoms with Crippen molar-refractivity contribution in [1.29, 1.82) is 0 Å². The number of ether oxygens (including phenoxy) is 1. The molecule has 0 aliphatic heterocycles. The third-order valence-corrected chi connectivity index (χ3v) is 8.03. The third kappa shape index (κ3) is 5.23. The Balaban J connectivity index is 1.85. The Kier molecular flexibility index (Phi) is 8.03. The molecule has 38 heavy (non-hydrogen) atoms. The normalized spacial score (nSPS) is 12.4. The average Bonchev–Trinajstić information content (AvgIpc) is 2.90. The fourth-order valence-electron chi connectivity index (χ4n) is 4.41. The molecule has 0 saturated heterocycles. The molecule has 2 aromatic heterocycles. The molecule has 198 valence electrons. The summed E-state index contributed by atoms with van der Waals surface area (Å²) in [5.74, 6) is -1.37. The van der Waals surface area contributed by atoms with Crippen LogP contribution in [0.15, 0.2) is 81.3 Å². The number of hydrogen-bond acceptors (Lipinski definition) is 7. The molecule has 2 heterocycles. The van der Waals surface area contributed by atoms with E-state index in [4.69, 9.17) is 4.74 Å². The molecule has 0 spiro atoms. The highest BCUT2D eigenvalue weighted by atomic mass is 32.2. The van der Waals surface area contributed by atoms with Gasteiger partial charge in [0.15, 0.2) is 4.90 Å². The van der Waals surface area contributed by atoms with Gasteiger partial charge in [-0.05, 0) is 55.7 Å². The first-order chi connectivity index (χ1) is 18.2. The summed E-state index contributed by atoms with van der Waals surface area (Å²) in [7, 11) is -4.46. The standard InChI is InChI=1S/C28H28FN3O5S/c1-4-23(20-9-7-6-8-10-20)32-25(17-37-5-2)31-27(33)26(28(32)34)38(35,36)21-13-11-19(12-14-21)22-15-16-24(29)30-18(22)3/h6-16,23,33H,4-5,17H2,1-3H3. The van der Waals surface area contributed by atoms with E-state index < -0.39 is 38.2 Å². The van der Waals surface area contributed by atoms with Gasteiger partial charge in [-0.3, -0.25) is 9.36 Å². The summed E-state index contributed by atoms with van der Waals surface area (Å²) in [4.78, 5) is 20.7. The smallest absolute Gasteiger partial charge is 0.277 e. The number of sulfone groups is 1. The van der Waals surface area contributed by atoms with Gasteiger partial charge in [-0.2, -0.15) is 9.37 Å². The second-order valence-corrected chi connectivity index (χ2v) is 10.5. The lowest BCUT2D eigenvalue weighted by atomic mass is 10.0. The van der Waals surface area contributed by atoms with Gasteiger partial charge >= 0.3 is 0 Å². The van der Waals surface area contributed by atoms with Crippen molar-refractivity contribution < 1.29 is 22.7 Å². The quantitative estimate of drug-likeness (QED) is 0.305. The van der Waals surface area contributed by atoms with Crippen molar-refractivity contribution in [2.45, 2.75) is 49.6 Å². The number of hydrogen-bond donors (Lipinski definition) is 1. The number of nitrogens with zero attached hydrogens (tertiary/aromatic N) is 3.